The maximum Gasteiger partial charge on any atom is 0.228 e. The Balaban J connectivity index is 2.64. The third-order valence-corrected chi connectivity index (χ3v) is 3.30. The van der Waals surface area contributed by atoms with E-state index in [4.69, 9.17) is 0 Å². The van der Waals surface area contributed by atoms with Crippen molar-refractivity contribution in [3.63, 3.8) is 0 Å². The van der Waals surface area contributed by atoms with Gasteiger partial charge in [-0.15, -0.1) is 0 Å². The van der Waals surface area contributed by atoms with Gasteiger partial charge in [-0.25, -0.2) is 0 Å². The smallest absolute Gasteiger partial charge is 0.228 e. The molecule has 1 unspecified atom stereocenters. The van der Waals surface area contributed by atoms with Crippen LogP contribution >= 0.6 is 0 Å². The lowest BCUT2D eigenvalue weighted by atomic mass is 9.75. The summed E-state index contributed by atoms with van der Waals surface area (Å²) in [6, 6.07) is 0. The van der Waals surface area contributed by atoms with Gasteiger partial charge in [0, 0.05) is 13.1 Å². The van der Waals surface area contributed by atoms with E-state index in [9.17, 15) is 4.79 Å². The fourth-order valence-electron chi connectivity index (χ4n) is 2.07. The number of carbonyl (C=O) groups is 1. The fraction of sp³-hybridized carbons (Fsp3) is 0.750. The summed E-state index contributed by atoms with van der Waals surface area (Å²) in [7, 11) is 0. The van der Waals surface area contributed by atoms with Gasteiger partial charge < -0.3 is 10.6 Å². The van der Waals surface area contributed by atoms with Gasteiger partial charge in [0.2, 0.25) is 5.91 Å². The van der Waals surface area contributed by atoms with Crippen LogP contribution in [0.25, 0.3) is 0 Å². The first-order chi connectivity index (χ1) is 6.99. The molecule has 1 rings (SSSR count). The third-order valence-electron chi connectivity index (χ3n) is 3.30. The van der Waals surface area contributed by atoms with Crippen LogP contribution < -0.4 is 10.6 Å². The highest BCUT2D eigenvalue weighted by Crippen LogP contribution is 2.34. The van der Waals surface area contributed by atoms with E-state index in [0.717, 1.165) is 25.1 Å². The van der Waals surface area contributed by atoms with E-state index >= 15 is 0 Å². The maximum absolute atomic E-state index is 12.1. The predicted molar refractivity (Wildman–Crippen MR) is 62.6 cm³/mol. The Labute approximate surface area is 92.3 Å². The van der Waals surface area contributed by atoms with E-state index in [-0.39, 0.29) is 11.3 Å². The van der Waals surface area contributed by atoms with Gasteiger partial charge in [0.05, 0.1) is 5.41 Å². The molecule has 0 aliphatic carbocycles. The van der Waals surface area contributed by atoms with Crippen molar-refractivity contribution in [3.05, 3.63) is 12.2 Å². The highest BCUT2D eigenvalue weighted by molar-refractivity contribution is 5.83. The summed E-state index contributed by atoms with van der Waals surface area (Å²) in [5.41, 5.74) is 0.781. The van der Waals surface area contributed by atoms with Crippen LogP contribution in [0.15, 0.2) is 12.2 Å². The van der Waals surface area contributed by atoms with Crippen LogP contribution in [0.4, 0.5) is 0 Å². The van der Waals surface area contributed by atoms with E-state index in [2.05, 4.69) is 31.1 Å². The molecule has 1 aliphatic rings. The summed E-state index contributed by atoms with van der Waals surface area (Å²) in [4.78, 5) is 12.1. The Kier molecular flexibility index (Phi) is 3.91. The van der Waals surface area contributed by atoms with E-state index in [0.29, 0.717) is 12.5 Å². The van der Waals surface area contributed by atoms with E-state index < -0.39 is 0 Å². The van der Waals surface area contributed by atoms with Gasteiger partial charge in [0.1, 0.15) is 0 Å². The monoisotopic (exact) mass is 210 g/mol. The Hall–Kier alpha value is -0.830. The lowest BCUT2D eigenvalue weighted by Gasteiger charge is -2.31. The minimum Gasteiger partial charge on any atom is -0.352 e. The molecule has 0 bridgehead atoms. The Bertz CT molecular complexity index is 252. The molecule has 15 heavy (non-hydrogen) atoms. The van der Waals surface area contributed by atoms with Gasteiger partial charge >= 0.3 is 0 Å². The van der Waals surface area contributed by atoms with Crippen LogP contribution in [0, 0.1) is 11.3 Å². The van der Waals surface area contributed by atoms with Gasteiger partial charge in [0.15, 0.2) is 0 Å². The van der Waals surface area contributed by atoms with Crippen molar-refractivity contribution >= 4 is 5.91 Å². The van der Waals surface area contributed by atoms with E-state index in [1.165, 1.54) is 0 Å². The molecule has 1 saturated heterocycles. The molecule has 1 aliphatic heterocycles. The lowest BCUT2D eigenvalue weighted by Crippen LogP contribution is -2.46. The summed E-state index contributed by atoms with van der Waals surface area (Å²) in [6.07, 6.45) is 0.937. The van der Waals surface area contributed by atoms with Gasteiger partial charge in [0.25, 0.3) is 0 Å². The second-order valence-corrected chi connectivity index (χ2v) is 4.88. The van der Waals surface area contributed by atoms with Gasteiger partial charge in [-0.2, -0.15) is 0 Å². The van der Waals surface area contributed by atoms with E-state index in [1.807, 2.05) is 6.92 Å². The van der Waals surface area contributed by atoms with Crippen molar-refractivity contribution < 1.29 is 4.79 Å². The molecular weight excluding hydrogens is 188 g/mol. The Morgan fingerprint density at radius 2 is 2.27 bits per heavy atom. The number of amides is 1. The number of hydrogen-bond acceptors (Lipinski definition) is 2. The minimum atomic E-state index is -0.213. The average Bonchev–Trinajstić information content (AvgIpc) is 2.63. The molecule has 0 radical (unpaired) electrons. The number of nitrogens with one attached hydrogen (secondary N) is 2. The van der Waals surface area contributed by atoms with Crippen molar-refractivity contribution in [2.75, 3.05) is 19.6 Å². The topological polar surface area (TPSA) is 41.1 Å². The van der Waals surface area contributed by atoms with Crippen LogP contribution in [0.1, 0.15) is 27.2 Å². The quantitative estimate of drug-likeness (QED) is 0.687. The average molecular weight is 210 g/mol. The zero-order chi connectivity index (χ0) is 11.5. The largest absolute Gasteiger partial charge is 0.352 e. The molecule has 2 N–H and O–H groups in total. The Morgan fingerprint density at radius 3 is 2.67 bits per heavy atom. The minimum absolute atomic E-state index is 0.172. The number of hydrogen-bond donors (Lipinski definition) is 2. The molecule has 1 fully saturated rings. The maximum atomic E-state index is 12.1. The first-order valence-electron chi connectivity index (χ1n) is 5.62. The number of rotatable bonds is 4. The molecule has 1 amide bonds. The predicted octanol–water partition coefficient (Wildman–Crippen LogP) is 1.31. The highest BCUT2D eigenvalue weighted by Gasteiger charge is 2.43. The van der Waals surface area contributed by atoms with Gasteiger partial charge in [-0.05, 0) is 25.8 Å². The first-order valence-corrected chi connectivity index (χ1v) is 5.62. The zero-order valence-corrected chi connectivity index (χ0v) is 10.0. The van der Waals surface area contributed by atoms with Crippen LogP contribution in [0.3, 0.4) is 0 Å². The standard InChI is InChI=1S/C12H22N2O/c1-9(2)7-14-11(15)12(10(3)4)5-6-13-8-12/h10,13H,1,5-8H2,2-4H3,(H,14,15). The molecule has 86 valence electrons. The Morgan fingerprint density at radius 1 is 1.60 bits per heavy atom. The van der Waals surface area contributed by atoms with Gasteiger partial charge in [-0.3, -0.25) is 4.79 Å². The second-order valence-electron chi connectivity index (χ2n) is 4.88. The molecule has 0 aromatic carbocycles. The van der Waals surface area contributed by atoms with Crippen molar-refractivity contribution in [2.24, 2.45) is 11.3 Å². The van der Waals surface area contributed by atoms with Gasteiger partial charge in [-0.1, -0.05) is 26.0 Å². The van der Waals surface area contributed by atoms with Crippen molar-refractivity contribution in [1.29, 1.82) is 0 Å². The molecule has 1 atom stereocenters. The third kappa shape index (κ3) is 2.59. The summed E-state index contributed by atoms with van der Waals surface area (Å²) in [6.45, 7) is 12.3. The van der Waals surface area contributed by atoms with E-state index in [1.54, 1.807) is 0 Å². The highest BCUT2D eigenvalue weighted by atomic mass is 16.2. The van der Waals surface area contributed by atoms with Crippen molar-refractivity contribution in [3.8, 4) is 0 Å². The summed E-state index contributed by atoms with van der Waals surface area (Å²) < 4.78 is 0. The molecule has 3 nitrogen and oxygen atoms in total. The molecular formula is C12H22N2O. The molecule has 0 aromatic heterocycles. The van der Waals surface area contributed by atoms with Crippen LogP contribution in [-0.2, 0) is 4.79 Å². The first kappa shape index (κ1) is 12.2. The fourth-order valence-corrected chi connectivity index (χ4v) is 2.07. The van der Waals surface area contributed by atoms with Crippen LogP contribution in [0.2, 0.25) is 0 Å². The molecule has 0 aromatic rings. The zero-order valence-electron chi connectivity index (χ0n) is 10.0. The second kappa shape index (κ2) is 4.79. The molecule has 0 saturated carbocycles. The van der Waals surface area contributed by atoms with Crippen LogP contribution in [0.5, 0.6) is 0 Å². The van der Waals surface area contributed by atoms with Crippen molar-refractivity contribution in [2.45, 2.75) is 27.2 Å². The molecule has 3 heteroatoms. The normalized spacial score (nSPS) is 25.6. The lowest BCUT2D eigenvalue weighted by molar-refractivity contribution is -0.132. The SMILES string of the molecule is C=C(C)CNC(=O)C1(C(C)C)CCNC1. The van der Waals surface area contributed by atoms with Crippen molar-refractivity contribution in [1.82, 2.24) is 10.6 Å². The summed E-state index contributed by atoms with van der Waals surface area (Å²) >= 11 is 0. The molecule has 0 spiro atoms. The molecule has 1 heterocycles. The summed E-state index contributed by atoms with van der Waals surface area (Å²) in [5.74, 6) is 0.545. The van der Waals surface area contributed by atoms with Crippen LogP contribution in [-0.4, -0.2) is 25.5 Å². The summed E-state index contributed by atoms with van der Waals surface area (Å²) in [5, 5.41) is 6.25. The number of carbonyl (C=O) groups excluding carboxylic acids is 1.